The molecule has 33 heavy (non-hydrogen) atoms. The van der Waals surface area contributed by atoms with E-state index in [2.05, 4.69) is 51.0 Å². The number of rotatable bonds is 8. The largest absolute Gasteiger partial charge is 0.381 e. The van der Waals surface area contributed by atoms with E-state index >= 15 is 0 Å². The minimum atomic E-state index is -0.131. The molecule has 3 aromatic heterocycles. The lowest BCUT2D eigenvalue weighted by atomic mass is 10.00. The Morgan fingerprint density at radius 2 is 2.06 bits per heavy atom. The third-order valence-electron chi connectivity index (χ3n) is 6.34. The molecule has 0 atom stereocenters. The lowest BCUT2D eigenvalue weighted by Gasteiger charge is -2.22. The van der Waals surface area contributed by atoms with Crippen molar-refractivity contribution in [3.8, 4) is 0 Å². The molecule has 0 unspecified atom stereocenters. The highest BCUT2D eigenvalue weighted by atomic mass is 16.5. The van der Waals surface area contributed by atoms with Gasteiger partial charge in [0, 0.05) is 50.2 Å². The van der Waals surface area contributed by atoms with Crippen LogP contribution in [-0.2, 0) is 17.7 Å². The highest BCUT2D eigenvalue weighted by Crippen LogP contribution is 2.25. The number of aromatic nitrogens is 5. The molecule has 1 aromatic carbocycles. The Bertz CT molecular complexity index is 1290. The summed E-state index contributed by atoms with van der Waals surface area (Å²) in [6, 6.07) is 10.5. The monoisotopic (exact) mass is 446 g/mol. The molecule has 5 rings (SSSR count). The van der Waals surface area contributed by atoms with Crippen molar-refractivity contribution in [1.82, 2.24) is 29.5 Å². The standard InChI is InChI=1S/C25H30N6O2/c1-2-11-30(17-18-5-6-19-4-3-10-26-21(19)15-18)12-7-23-28-25(32)22-16-27-24(31(22)29-23)20-8-13-33-14-9-20/h3-6,10,15-16,20H,2,7-9,11-14,17H2,1H3,(H,28,29,32). The lowest BCUT2D eigenvalue weighted by Crippen LogP contribution is -2.28. The van der Waals surface area contributed by atoms with Crippen LogP contribution in [0.1, 0.15) is 49.3 Å². The summed E-state index contributed by atoms with van der Waals surface area (Å²) in [4.78, 5) is 27.1. The topological polar surface area (TPSA) is 88.4 Å². The van der Waals surface area contributed by atoms with Gasteiger partial charge in [-0.3, -0.25) is 14.7 Å². The fraction of sp³-hybridized carbons (Fsp3) is 0.440. The average Bonchev–Trinajstić information content (AvgIpc) is 3.28. The second kappa shape index (κ2) is 9.80. The molecule has 0 aliphatic carbocycles. The second-order valence-electron chi connectivity index (χ2n) is 8.76. The second-order valence-corrected chi connectivity index (χ2v) is 8.76. The molecular formula is C25H30N6O2. The molecule has 1 fully saturated rings. The Morgan fingerprint density at radius 3 is 2.91 bits per heavy atom. The van der Waals surface area contributed by atoms with E-state index in [4.69, 9.17) is 9.84 Å². The number of aromatic amines is 1. The van der Waals surface area contributed by atoms with Crippen LogP contribution in [0, 0.1) is 0 Å². The molecule has 1 N–H and O–H groups in total. The first kappa shape index (κ1) is 21.7. The van der Waals surface area contributed by atoms with E-state index in [1.54, 1.807) is 10.7 Å². The van der Waals surface area contributed by atoms with Gasteiger partial charge < -0.3 is 9.72 Å². The zero-order chi connectivity index (χ0) is 22.6. The maximum absolute atomic E-state index is 12.7. The third-order valence-corrected chi connectivity index (χ3v) is 6.34. The molecule has 1 aliphatic heterocycles. The Labute approximate surface area is 192 Å². The Morgan fingerprint density at radius 1 is 1.18 bits per heavy atom. The Kier molecular flexibility index (Phi) is 6.46. The number of imidazole rings is 1. The van der Waals surface area contributed by atoms with Gasteiger partial charge in [0.25, 0.3) is 5.56 Å². The summed E-state index contributed by atoms with van der Waals surface area (Å²) in [5.41, 5.74) is 2.63. The zero-order valence-corrected chi connectivity index (χ0v) is 19.0. The SMILES string of the molecule is CCCN(CCc1nn2c(C3CCOCC3)ncc2c(=O)[nH]1)Cc1ccc2cccnc2c1. The Hall–Kier alpha value is -3.10. The van der Waals surface area contributed by atoms with E-state index in [1.165, 1.54) is 5.56 Å². The predicted octanol–water partition coefficient (Wildman–Crippen LogP) is 3.31. The molecule has 0 amide bonds. The fourth-order valence-electron chi connectivity index (χ4n) is 4.63. The van der Waals surface area contributed by atoms with E-state index < -0.39 is 0 Å². The van der Waals surface area contributed by atoms with Gasteiger partial charge in [0.05, 0.1) is 11.7 Å². The number of pyridine rings is 1. The number of benzene rings is 1. The maximum Gasteiger partial charge on any atom is 0.276 e. The van der Waals surface area contributed by atoms with Crippen LogP contribution < -0.4 is 5.56 Å². The van der Waals surface area contributed by atoms with Crippen LogP contribution in [0.5, 0.6) is 0 Å². The molecule has 1 saturated heterocycles. The zero-order valence-electron chi connectivity index (χ0n) is 19.0. The molecule has 8 nitrogen and oxygen atoms in total. The number of H-pyrrole nitrogens is 1. The first-order valence-corrected chi connectivity index (χ1v) is 11.8. The Balaban J connectivity index is 1.33. The third kappa shape index (κ3) is 4.82. The predicted molar refractivity (Wildman–Crippen MR) is 127 cm³/mol. The summed E-state index contributed by atoms with van der Waals surface area (Å²) in [5, 5.41) is 5.92. The van der Waals surface area contributed by atoms with Gasteiger partial charge in [-0.1, -0.05) is 25.1 Å². The molecule has 4 heterocycles. The fourth-order valence-corrected chi connectivity index (χ4v) is 4.63. The van der Waals surface area contributed by atoms with Crippen molar-refractivity contribution < 1.29 is 4.74 Å². The molecular weight excluding hydrogens is 416 g/mol. The van der Waals surface area contributed by atoms with Crippen molar-refractivity contribution in [3.05, 3.63) is 70.3 Å². The molecule has 0 saturated carbocycles. The van der Waals surface area contributed by atoms with Crippen molar-refractivity contribution in [2.45, 2.75) is 45.1 Å². The smallest absolute Gasteiger partial charge is 0.276 e. The minimum Gasteiger partial charge on any atom is -0.381 e. The van der Waals surface area contributed by atoms with Crippen LogP contribution >= 0.6 is 0 Å². The van der Waals surface area contributed by atoms with E-state index in [1.807, 2.05) is 12.3 Å². The number of nitrogens with zero attached hydrogens (tertiary/aromatic N) is 5. The number of hydrogen-bond acceptors (Lipinski definition) is 6. The van der Waals surface area contributed by atoms with Gasteiger partial charge in [0.2, 0.25) is 0 Å². The highest BCUT2D eigenvalue weighted by Gasteiger charge is 2.22. The highest BCUT2D eigenvalue weighted by molar-refractivity contribution is 5.78. The van der Waals surface area contributed by atoms with Gasteiger partial charge in [0.15, 0.2) is 5.52 Å². The van der Waals surface area contributed by atoms with Crippen LogP contribution in [0.15, 0.2) is 47.5 Å². The lowest BCUT2D eigenvalue weighted by molar-refractivity contribution is 0.0832. The van der Waals surface area contributed by atoms with Gasteiger partial charge in [-0.15, -0.1) is 0 Å². The number of fused-ring (bicyclic) bond motifs is 2. The first-order chi connectivity index (χ1) is 16.2. The van der Waals surface area contributed by atoms with Gasteiger partial charge in [-0.25, -0.2) is 9.50 Å². The molecule has 0 radical (unpaired) electrons. The van der Waals surface area contributed by atoms with Crippen LogP contribution in [0.2, 0.25) is 0 Å². The van der Waals surface area contributed by atoms with Crippen molar-refractivity contribution >= 4 is 16.4 Å². The van der Waals surface area contributed by atoms with Crippen molar-refractivity contribution in [3.63, 3.8) is 0 Å². The number of ether oxygens (including phenoxy) is 1. The summed E-state index contributed by atoms with van der Waals surface area (Å²) >= 11 is 0. The molecule has 0 spiro atoms. The van der Waals surface area contributed by atoms with Gasteiger partial charge in [-0.05, 0) is 43.5 Å². The van der Waals surface area contributed by atoms with Gasteiger partial charge in [-0.2, -0.15) is 5.10 Å². The van der Waals surface area contributed by atoms with Crippen molar-refractivity contribution in [2.75, 3.05) is 26.3 Å². The average molecular weight is 447 g/mol. The molecule has 4 aromatic rings. The maximum atomic E-state index is 12.7. The summed E-state index contributed by atoms with van der Waals surface area (Å²) in [6.07, 6.45) is 7.02. The molecule has 8 heteroatoms. The number of hydrogen-bond donors (Lipinski definition) is 1. The van der Waals surface area contributed by atoms with Crippen LogP contribution in [0.3, 0.4) is 0 Å². The summed E-state index contributed by atoms with van der Waals surface area (Å²) < 4.78 is 7.24. The molecule has 1 aliphatic rings. The molecule has 0 bridgehead atoms. The van der Waals surface area contributed by atoms with Gasteiger partial charge in [0.1, 0.15) is 11.6 Å². The van der Waals surface area contributed by atoms with Crippen LogP contribution in [-0.4, -0.2) is 55.8 Å². The quantitative estimate of drug-likeness (QED) is 0.447. The summed E-state index contributed by atoms with van der Waals surface area (Å²) in [7, 11) is 0. The van der Waals surface area contributed by atoms with Gasteiger partial charge >= 0.3 is 0 Å². The number of nitrogens with one attached hydrogen (secondary N) is 1. The minimum absolute atomic E-state index is 0.131. The summed E-state index contributed by atoms with van der Waals surface area (Å²) in [6.45, 7) is 6.27. The normalized spacial score (nSPS) is 15.1. The van der Waals surface area contributed by atoms with E-state index in [9.17, 15) is 4.79 Å². The first-order valence-electron chi connectivity index (χ1n) is 11.8. The molecule has 172 valence electrons. The van der Waals surface area contributed by atoms with E-state index in [0.717, 1.165) is 68.8 Å². The van der Waals surface area contributed by atoms with Crippen LogP contribution in [0.25, 0.3) is 16.4 Å². The van der Waals surface area contributed by atoms with Crippen molar-refractivity contribution in [1.29, 1.82) is 0 Å². The summed E-state index contributed by atoms with van der Waals surface area (Å²) in [5.74, 6) is 1.84. The van der Waals surface area contributed by atoms with E-state index in [0.29, 0.717) is 17.8 Å². The van der Waals surface area contributed by atoms with Crippen LogP contribution in [0.4, 0.5) is 0 Å². The van der Waals surface area contributed by atoms with E-state index in [-0.39, 0.29) is 11.5 Å². The van der Waals surface area contributed by atoms with Crippen molar-refractivity contribution in [2.24, 2.45) is 0 Å².